The Kier molecular flexibility index (Phi) is 5.32. The summed E-state index contributed by atoms with van der Waals surface area (Å²) in [5.41, 5.74) is 4.40. The van der Waals surface area contributed by atoms with Crippen LogP contribution in [0.15, 0.2) is 60.7 Å². The molecule has 0 saturated carbocycles. The molecule has 26 heavy (non-hydrogen) atoms. The van der Waals surface area contributed by atoms with Gasteiger partial charge in [-0.2, -0.15) is 0 Å². The third kappa shape index (κ3) is 3.75. The van der Waals surface area contributed by atoms with Crippen LogP contribution in [-0.2, 0) is 12.8 Å². The van der Waals surface area contributed by atoms with Crippen LogP contribution >= 0.6 is 0 Å². The fourth-order valence-corrected chi connectivity index (χ4v) is 3.02. The average molecular weight is 350 g/mol. The quantitative estimate of drug-likeness (QED) is 0.684. The first-order valence-corrected chi connectivity index (χ1v) is 8.43. The van der Waals surface area contributed by atoms with Gasteiger partial charge in [-0.05, 0) is 59.4 Å². The fraction of sp³-hybridized carbons (Fsp3) is 0.182. The summed E-state index contributed by atoms with van der Waals surface area (Å²) >= 11 is 0. The molecule has 2 N–H and O–H groups in total. The molecule has 3 aromatic carbocycles. The van der Waals surface area contributed by atoms with Crippen molar-refractivity contribution in [3.05, 3.63) is 71.8 Å². The molecular formula is C22H22O4. The summed E-state index contributed by atoms with van der Waals surface area (Å²) in [4.78, 5) is 0. The Morgan fingerprint density at radius 3 is 2.12 bits per heavy atom. The van der Waals surface area contributed by atoms with Gasteiger partial charge in [0.2, 0.25) is 0 Å². The van der Waals surface area contributed by atoms with Crippen LogP contribution in [0.5, 0.6) is 23.0 Å². The molecule has 0 unspecified atom stereocenters. The number of aromatic hydroxyl groups is 2. The van der Waals surface area contributed by atoms with Gasteiger partial charge >= 0.3 is 0 Å². The topological polar surface area (TPSA) is 58.9 Å². The SMILES string of the molecule is COc1cc(CCc2ccccc2-c2ccc(O)c(OC)c2)ccc1O. The lowest BCUT2D eigenvalue weighted by Gasteiger charge is -2.12. The molecule has 3 aromatic rings. The van der Waals surface area contributed by atoms with Crippen LogP contribution in [0.4, 0.5) is 0 Å². The minimum atomic E-state index is 0.130. The third-order valence-electron chi connectivity index (χ3n) is 4.44. The average Bonchev–Trinajstić information content (AvgIpc) is 2.68. The molecule has 0 bridgehead atoms. The second kappa shape index (κ2) is 7.83. The van der Waals surface area contributed by atoms with Gasteiger partial charge in [0.15, 0.2) is 23.0 Å². The minimum Gasteiger partial charge on any atom is -0.504 e. The van der Waals surface area contributed by atoms with Crippen molar-refractivity contribution in [1.29, 1.82) is 0 Å². The van der Waals surface area contributed by atoms with E-state index in [4.69, 9.17) is 9.47 Å². The van der Waals surface area contributed by atoms with Crippen molar-refractivity contribution in [2.24, 2.45) is 0 Å². The number of benzene rings is 3. The number of phenolic OH excluding ortho intramolecular Hbond substituents is 2. The van der Waals surface area contributed by atoms with E-state index in [9.17, 15) is 10.2 Å². The lowest BCUT2D eigenvalue weighted by Crippen LogP contribution is -1.96. The molecule has 0 heterocycles. The zero-order chi connectivity index (χ0) is 18.5. The van der Waals surface area contributed by atoms with Gasteiger partial charge < -0.3 is 19.7 Å². The van der Waals surface area contributed by atoms with E-state index in [1.165, 1.54) is 5.56 Å². The van der Waals surface area contributed by atoms with Crippen LogP contribution in [0.3, 0.4) is 0 Å². The molecule has 0 aliphatic carbocycles. The van der Waals surface area contributed by atoms with E-state index in [-0.39, 0.29) is 11.5 Å². The number of hydrogen-bond acceptors (Lipinski definition) is 4. The molecule has 0 spiro atoms. The first kappa shape index (κ1) is 17.7. The van der Waals surface area contributed by atoms with Crippen molar-refractivity contribution in [1.82, 2.24) is 0 Å². The predicted octanol–water partition coefficient (Wildman–Crippen LogP) is 4.57. The molecule has 0 fully saturated rings. The van der Waals surface area contributed by atoms with Crippen molar-refractivity contribution >= 4 is 0 Å². The number of methoxy groups -OCH3 is 2. The summed E-state index contributed by atoms with van der Waals surface area (Å²) in [7, 11) is 3.09. The Morgan fingerprint density at radius 1 is 0.731 bits per heavy atom. The summed E-state index contributed by atoms with van der Waals surface area (Å²) in [6, 6.07) is 19.0. The Bertz CT molecular complexity index is 902. The van der Waals surface area contributed by atoms with E-state index in [1.54, 1.807) is 26.4 Å². The van der Waals surface area contributed by atoms with Gasteiger partial charge in [0, 0.05) is 0 Å². The van der Waals surface area contributed by atoms with E-state index < -0.39 is 0 Å². The Hall–Kier alpha value is -3.14. The number of ether oxygens (including phenoxy) is 2. The highest BCUT2D eigenvalue weighted by Gasteiger charge is 2.09. The fourth-order valence-electron chi connectivity index (χ4n) is 3.02. The van der Waals surface area contributed by atoms with Crippen LogP contribution in [-0.4, -0.2) is 24.4 Å². The maximum Gasteiger partial charge on any atom is 0.161 e. The lowest BCUT2D eigenvalue weighted by atomic mass is 9.95. The van der Waals surface area contributed by atoms with Gasteiger partial charge in [0.25, 0.3) is 0 Å². The van der Waals surface area contributed by atoms with Crippen LogP contribution in [0.25, 0.3) is 11.1 Å². The Balaban J connectivity index is 1.86. The molecule has 0 saturated heterocycles. The smallest absolute Gasteiger partial charge is 0.161 e. The highest BCUT2D eigenvalue weighted by atomic mass is 16.5. The molecule has 134 valence electrons. The summed E-state index contributed by atoms with van der Waals surface area (Å²) in [5, 5.41) is 19.5. The van der Waals surface area contributed by atoms with E-state index >= 15 is 0 Å². The Labute approximate surface area is 153 Å². The van der Waals surface area contributed by atoms with E-state index in [1.807, 2.05) is 36.4 Å². The van der Waals surface area contributed by atoms with Crippen LogP contribution in [0.1, 0.15) is 11.1 Å². The molecule has 0 aliphatic heterocycles. The molecule has 0 amide bonds. The number of rotatable bonds is 6. The molecule has 4 heteroatoms. The van der Waals surface area contributed by atoms with Gasteiger partial charge in [-0.25, -0.2) is 0 Å². The number of aryl methyl sites for hydroxylation is 2. The maximum absolute atomic E-state index is 9.82. The zero-order valence-corrected chi connectivity index (χ0v) is 14.9. The summed E-state index contributed by atoms with van der Waals surface area (Å²) in [5.74, 6) is 1.22. The van der Waals surface area contributed by atoms with Crippen LogP contribution < -0.4 is 9.47 Å². The third-order valence-corrected chi connectivity index (χ3v) is 4.44. The van der Waals surface area contributed by atoms with Crippen molar-refractivity contribution in [2.45, 2.75) is 12.8 Å². The van der Waals surface area contributed by atoms with Crippen LogP contribution in [0, 0.1) is 0 Å². The zero-order valence-electron chi connectivity index (χ0n) is 14.9. The normalized spacial score (nSPS) is 10.5. The molecule has 0 atom stereocenters. The highest BCUT2D eigenvalue weighted by Crippen LogP contribution is 2.33. The monoisotopic (exact) mass is 350 g/mol. The highest BCUT2D eigenvalue weighted by molar-refractivity contribution is 5.70. The van der Waals surface area contributed by atoms with Crippen molar-refractivity contribution in [3.63, 3.8) is 0 Å². The van der Waals surface area contributed by atoms with Crippen molar-refractivity contribution in [2.75, 3.05) is 14.2 Å². The molecule has 0 aromatic heterocycles. The first-order chi connectivity index (χ1) is 12.6. The maximum atomic E-state index is 9.82. The summed E-state index contributed by atoms with van der Waals surface area (Å²) in [6.45, 7) is 0. The molecule has 4 nitrogen and oxygen atoms in total. The van der Waals surface area contributed by atoms with Gasteiger partial charge in [-0.3, -0.25) is 0 Å². The number of hydrogen-bond donors (Lipinski definition) is 2. The molecular weight excluding hydrogens is 328 g/mol. The second-order valence-corrected chi connectivity index (χ2v) is 6.05. The Morgan fingerprint density at radius 2 is 1.38 bits per heavy atom. The van der Waals surface area contributed by atoms with Crippen molar-refractivity contribution < 1.29 is 19.7 Å². The lowest BCUT2D eigenvalue weighted by molar-refractivity contribution is 0.373. The van der Waals surface area contributed by atoms with Gasteiger partial charge in [-0.1, -0.05) is 36.4 Å². The molecule has 0 aliphatic rings. The minimum absolute atomic E-state index is 0.130. The van der Waals surface area contributed by atoms with Gasteiger partial charge in [0.1, 0.15) is 0 Å². The number of phenols is 2. The predicted molar refractivity (Wildman–Crippen MR) is 102 cm³/mol. The van der Waals surface area contributed by atoms with E-state index in [2.05, 4.69) is 12.1 Å². The molecule has 0 radical (unpaired) electrons. The van der Waals surface area contributed by atoms with Crippen molar-refractivity contribution in [3.8, 4) is 34.1 Å². The van der Waals surface area contributed by atoms with Crippen LogP contribution in [0.2, 0.25) is 0 Å². The summed E-state index contributed by atoms with van der Waals surface area (Å²) < 4.78 is 10.4. The molecule has 3 rings (SSSR count). The second-order valence-electron chi connectivity index (χ2n) is 6.05. The van der Waals surface area contributed by atoms with E-state index in [0.717, 1.165) is 29.5 Å². The van der Waals surface area contributed by atoms with Gasteiger partial charge in [0.05, 0.1) is 14.2 Å². The first-order valence-electron chi connectivity index (χ1n) is 8.43. The summed E-state index contributed by atoms with van der Waals surface area (Å²) in [6.07, 6.45) is 1.66. The van der Waals surface area contributed by atoms with E-state index in [0.29, 0.717) is 11.5 Å². The largest absolute Gasteiger partial charge is 0.504 e. The standard InChI is InChI=1S/C22H22O4/c1-25-21-13-15(8-11-19(21)23)7-9-16-5-3-4-6-18(16)17-10-12-20(24)22(14-17)26-2/h3-6,8,10-14,23-24H,7,9H2,1-2H3. The van der Waals surface area contributed by atoms with Gasteiger partial charge in [-0.15, -0.1) is 0 Å².